The van der Waals surface area contributed by atoms with Crippen molar-refractivity contribution in [2.75, 3.05) is 0 Å². The summed E-state index contributed by atoms with van der Waals surface area (Å²) in [6.07, 6.45) is 15.8. The first-order valence-electron chi connectivity index (χ1n) is 6.88. The fourth-order valence-electron chi connectivity index (χ4n) is 1.86. The number of hydrogen-bond donors (Lipinski definition) is 0. The topological polar surface area (TPSA) is 0 Å². The van der Waals surface area contributed by atoms with Gasteiger partial charge >= 0.3 is 0 Å². The van der Waals surface area contributed by atoms with Crippen molar-refractivity contribution < 1.29 is 0 Å². The van der Waals surface area contributed by atoms with Crippen molar-refractivity contribution in [3.63, 3.8) is 0 Å². The van der Waals surface area contributed by atoms with Crippen LogP contribution < -0.4 is 0 Å². The van der Waals surface area contributed by atoms with Crippen molar-refractivity contribution in [2.45, 2.75) is 33.1 Å². The monoisotopic (exact) mass is 252 g/mol. The van der Waals surface area contributed by atoms with E-state index in [4.69, 9.17) is 0 Å². The SMILES string of the molecule is C=C/C=C\C=C(\C)CC/C=C\Cc1ccccc1C. The van der Waals surface area contributed by atoms with Crippen LogP contribution in [0, 0.1) is 6.92 Å². The average Bonchev–Trinajstić information content (AvgIpc) is 2.41. The van der Waals surface area contributed by atoms with Gasteiger partial charge in [0.1, 0.15) is 0 Å². The molecule has 19 heavy (non-hydrogen) atoms. The standard InChI is InChI=1S/C19H24/c1-4-5-7-12-17(2)13-8-6-9-15-19-16-11-10-14-18(19)3/h4-7,9-12,14,16H,1,8,13,15H2,2-3H3/b7-5-,9-6-,17-12-. The van der Waals surface area contributed by atoms with Gasteiger partial charge in [0, 0.05) is 0 Å². The molecule has 0 N–H and O–H groups in total. The molecular weight excluding hydrogens is 228 g/mol. The van der Waals surface area contributed by atoms with Crippen LogP contribution in [0.25, 0.3) is 0 Å². The third kappa shape index (κ3) is 6.61. The molecule has 0 saturated carbocycles. The van der Waals surface area contributed by atoms with E-state index in [0.717, 1.165) is 19.3 Å². The van der Waals surface area contributed by atoms with Gasteiger partial charge in [-0.15, -0.1) is 0 Å². The Balaban J connectivity index is 2.32. The van der Waals surface area contributed by atoms with Gasteiger partial charge in [-0.25, -0.2) is 0 Å². The molecule has 1 aromatic carbocycles. The van der Waals surface area contributed by atoms with Gasteiger partial charge in [0.2, 0.25) is 0 Å². The number of hydrogen-bond acceptors (Lipinski definition) is 0. The second-order valence-electron chi connectivity index (χ2n) is 4.77. The Kier molecular flexibility index (Phi) is 7.34. The normalized spacial score (nSPS) is 12.4. The van der Waals surface area contributed by atoms with E-state index in [1.54, 1.807) is 6.08 Å². The van der Waals surface area contributed by atoms with E-state index in [9.17, 15) is 0 Å². The summed E-state index contributed by atoms with van der Waals surface area (Å²) in [5.74, 6) is 0. The lowest BCUT2D eigenvalue weighted by Crippen LogP contribution is -1.85. The largest absolute Gasteiger partial charge is 0.0991 e. The lowest BCUT2D eigenvalue weighted by Gasteiger charge is -2.01. The molecule has 0 aliphatic heterocycles. The predicted molar refractivity (Wildman–Crippen MR) is 86.4 cm³/mol. The molecule has 1 rings (SSSR count). The molecule has 0 spiro atoms. The Bertz CT molecular complexity index is 473. The van der Waals surface area contributed by atoms with Crippen LogP contribution in [-0.2, 0) is 6.42 Å². The minimum atomic E-state index is 1.03. The van der Waals surface area contributed by atoms with Crippen molar-refractivity contribution in [1.82, 2.24) is 0 Å². The number of allylic oxidation sites excluding steroid dienone is 7. The molecule has 0 heterocycles. The first-order chi connectivity index (χ1) is 9.24. The summed E-state index contributed by atoms with van der Waals surface area (Å²) < 4.78 is 0. The van der Waals surface area contributed by atoms with Crippen LogP contribution in [0.5, 0.6) is 0 Å². The Morgan fingerprint density at radius 2 is 1.95 bits per heavy atom. The molecule has 0 bridgehead atoms. The third-order valence-corrected chi connectivity index (χ3v) is 3.10. The molecule has 1 aromatic rings. The molecule has 0 aliphatic carbocycles. The van der Waals surface area contributed by atoms with Crippen LogP contribution in [0.1, 0.15) is 30.9 Å². The van der Waals surface area contributed by atoms with Crippen molar-refractivity contribution >= 4 is 0 Å². The fraction of sp³-hybridized carbons (Fsp3) is 0.263. The Hall–Kier alpha value is -1.82. The molecule has 0 radical (unpaired) electrons. The van der Waals surface area contributed by atoms with Gasteiger partial charge in [0.15, 0.2) is 0 Å². The maximum atomic E-state index is 3.65. The summed E-state index contributed by atoms with van der Waals surface area (Å²) in [6.45, 7) is 7.99. The first kappa shape index (κ1) is 15.2. The highest BCUT2D eigenvalue weighted by Crippen LogP contribution is 2.09. The highest BCUT2D eigenvalue weighted by atomic mass is 14.0. The second-order valence-corrected chi connectivity index (χ2v) is 4.77. The van der Waals surface area contributed by atoms with Gasteiger partial charge in [-0.2, -0.15) is 0 Å². The predicted octanol–water partition coefficient (Wildman–Crippen LogP) is 5.56. The summed E-state index contributed by atoms with van der Waals surface area (Å²) in [5, 5.41) is 0. The first-order valence-corrected chi connectivity index (χ1v) is 6.88. The summed E-state index contributed by atoms with van der Waals surface area (Å²) in [6, 6.07) is 8.56. The van der Waals surface area contributed by atoms with Crippen LogP contribution in [-0.4, -0.2) is 0 Å². The Labute approximate surface area is 117 Å². The zero-order chi connectivity index (χ0) is 13.9. The zero-order valence-electron chi connectivity index (χ0n) is 12.1. The number of aryl methyl sites for hydroxylation is 1. The fourth-order valence-corrected chi connectivity index (χ4v) is 1.86. The molecule has 0 amide bonds. The highest BCUT2D eigenvalue weighted by Gasteiger charge is 1.92. The third-order valence-electron chi connectivity index (χ3n) is 3.10. The smallest absolute Gasteiger partial charge is 0.00948 e. The second kappa shape index (κ2) is 9.16. The average molecular weight is 252 g/mol. The minimum absolute atomic E-state index is 1.03. The molecule has 0 aliphatic rings. The quantitative estimate of drug-likeness (QED) is 0.440. The zero-order valence-corrected chi connectivity index (χ0v) is 12.1. The van der Waals surface area contributed by atoms with E-state index in [2.05, 4.69) is 62.9 Å². The van der Waals surface area contributed by atoms with Gasteiger partial charge in [-0.3, -0.25) is 0 Å². The van der Waals surface area contributed by atoms with Crippen LogP contribution in [0.4, 0.5) is 0 Å². The van der Waals surface area contributed by atoms with E-state index < -0.39 is 0 Å². The van der Waals surface area contributed by atoms with Crippen molar-refractivity contribution in [3.8, 4) is 0 Å². The molecule has 0 heteroatoms. The number of rotatable bonds is 7. The molecule has 0 atom stereocenters. The molecule has 0 nitrogen and oxygen atoms in total. The van der Waals surface area contributed by atoms with Gasteiger partial charge in [0.25, 0.3) is 0 Å². The maximum Gasteiger partial charge on any atom is -0.00948 e. The van der Waals surface area contributed by atoms with Gasteiger partial charge in [-0.05, 0) is 44.2 Å². The molecule has 0 saturated heterocycles. The summed E-state index contributed by atoms with van der Waals surface area (Å²) in [4.78, 5) is 0. The van der Waals surface area contributed by atoms with Gasteiger partial charge in [0.05, 0.1) is 0 Å². The molecule has 0 unspecified atom stereocenters. The van der Waals surface area contributed by atoms with Crippen LogP contribution in [0.2, 0.25) is 0 Å². The molecule has 100 valence electrons. The summed E-state index contributed by atoms with van der Waals surface area (Å²) in [7, 11) is 0. The Morgan fingerprint density at radius 1 is 1.16 bits per heavy atom. The van der Waals surface area contributed by atoms with Crippen LogP contribution >= 0.6 is 0 Å². The highest BCUT2D eigenvalue weighted by molar-refractivity contribution is 5.27. The van der Waals surface area contributed by atoms with Gasteiger partial charge in [-0.1, -0.05) is 72.9 Å². The lowest BCUT2D eigenvalue weighted by molar-refractivity contribution is 0.972. The van der Waals surface area contributed by atoms with E-state index in [0.29, 0.717) is 0 Å². The summed E-state index contributed by atoms with van der Waals surface area (Å²) >= 11 is 0. The van der Waals surface area contributed by atoms with E-state index in [1.807, 2.05) is 12.2 Å². The Morgan fingerprint density at radius 3 is 2.68 bits per heavy atom. The van der Waals surface area contributed by atoms with Crippen LogP contribution in [0.15, 0.2) is 72.9 Å². The van der Waals surface area contributed by atoms with E-state index >= 15 is 0 Å². The molecular formula is C19H24. The van der Waals surface area contributed by atoms with Gasteiger partial charge < -0.3 is 0 Å². The van der Waals surface area contributed by atoms with E-state index in [-0.39, 0.29) is 0 Å². The maximum absolute atomic E-state index is 3.65. The lowest BCUT2D eigenvalue weighted by atomic mass is 10.1. The van der Waals surface area contributed by atoms with Crippen molar-refractivity contribution in [1.29, 1.82) is 0 Å². The van der Waals surface area contributed by atoms with E-state index in [1.165, 1.54) is 16.7 Å². The molecule has 0 aromatic heterocycles. The molecule has 0 fully saturated rings. The van der Waals surface area contributed by atoms with Crippen molar-refractivity contribution in [3.05, 3.63) is 84.0 Å². The minimum Gasteiger partial charge on any atom is -0.0991 e. The summed E-state index contributed by atoms with van der Waals surface area (Å²) in [5.41, 5.74) is 4.19. The van der Waals surface area contributed by atoms with Crippen LogP contribution in [0.3, 0.4) is 0 Å². The number of benzene rings is 1. The van der Waals surface area contributed by atoms with Crippen molar-refractivity contribution in [2.24, 2.45) is 0 Å².